The Morgan fingerprint density at radius 2 is 1.81 bits per heavy atom. The number of thioether (sulfide) groups is 1. The van der Waals surface area contributed by atoms with Gasteiger partial charge in [0, 0.05) is 10.6 Å². The molecular formula is C25H26N2O2S2. The normalized spacial score (nSPS) is 11.2. The fourth-order valence-electron chi connectivity index (χ4n) is 3.50. The first-order chi connectivity index (χ1) is 15.1. The molecule has 0 bridgehead atoms. The fraction of sp³-hybridized carbons (Fsp3) is 0.280. The molecule has 0 N–H and O–H groups in total. The highest BCUT2D eigenvalue weighted by molar-refractivity contribution is 7.99. The summed E-state index contributed by atoms with van der Waals surface area (Å²) in [5, 5.41) is 1.46. The molecule has 0 aliphatic rings. The summed E-state index contributed by atoms with van der Waals surface area (Å²) < 4.78 is 7.61. The Morgan fingerprint density at radius 1 is 1.06 bits per heavy atom. The van der Waals surface area contributed by atoms with E-state index in [2.05, 4.69) is 13.8 Å². The van der Waals surface area contributed by atoms with Crippen LogP contribution in [0.3, 0.4) is 0 Å². The van der Waals surface area contributed by atoms with Crippen LogP contribution in [0.2, 0.25) is 0 Å². The maximum Gasteiger partial charge on any atom is 0.267 e. The molecule has 0 spiro atoms. The maximum absolute atomic E-state index is 13.6. The molecule has 0 saturated carbocycles. The van der Waals surface area contributed by atoms with Gasteiger partial charge in [-0.25, -0.2) is 4.98 Å². The Kier molecular flexibility index (Phi) is 6.78. The molecule has 2 aromatic heterocycles. The highest BCUT2D eigenvalue weighted by Gasteiger charge is 2.19. The summed E-state index contributed by atoms with van der Waals surface area (Å²) in [5.74, 6) is 1.55. The van der Waals surface area contributed by atoms with Crippen molar-refractivity contribution in [3.63, 3.8) is 0 Å². The predicted molar refractivity (Wildman–Crippen MR) is 131 cm³/mol. The van der Waals surface area contributed by atoms with Crippen molar-refractivity contribution in [1.29, 1.82) is 0 Å². The van der Waals surface area contributed by atoms with Crippen LogP contribution in [0.4, 0.5) is 0 Å². The van der Waals surface area contributed by atoms with E-state index in [0.29, 0.717) is 17.5 Å². The highest BCUT2D eigenvalue weighted by Crippen LogP contribution is 2.31. The summed E-state index contributed by atoms with van der Waals surface area (Å²) in [7, 11) is 0. The summed E-state index contributed by atoms with van der Waals surface area (Å²) in [6.07, 6.45) is 2.03. The van der Waals surface area contributed by atoms with Gasteiger partial charge in [0.15, 0.2) is 5.16 Å². The van der Waals surface area contributed by atoms with Crippen molar-refractivity contribution in [2.24, 2.45) is 0 Å². The minimum atomic E-state index is 0.00857. The Hall–Kier alpha value is -2.57. The van der Waals surface area contributed by atoms with Gasteiger partial charge in [0.2, 0.25) is 0 Å². The molecule has 4 rings (SSSR count). The summed E-state index contributed by atoms with van der Waals surface area (Å²) in [5.41, 5.74) is 3.13. The van der Waals surface area contributed by atoms with E-state index >= 15 is 0 Å². The number of fused-ring (bicyclic) bond motifs is 1. The van der Waals surface area contributed by atoms with Gasteiger partial charge in [0.25, 0.3) is 5.56 Å². The topological polar surface area (TPSA) is 44.1 Å². The van der Waals surface area contributed by atoms with E-state index in [-0.39, 0.29) is 5.56 Å². The van der Waals surface area contributed by atoms with Crippen LogP contribution in [-0.2, 0) is 6.42 Å². The summed E-state index contributed by atoms with van der Waals surface area (Å²) in [6, 6.07) is 17.8. The van der Waals surface area contributed by atoms with Crippen LogP contribution < -0.4 is 10.3 Å². The van der Waals surface area contributed by atoms with E-state index in [9.17, 15) is 4.79 Å². The monoisotopic (exact) mass is 450 g/mol. The van der Waals surface area contributed by atoms with Crippen molar-refractivity contribution >= 4 is 33.3 Å². The van der Waals surface area contributed by atoms with Crippen LogP contribution in [0.25, 0.3) is 15.9 Å². The standard InChI is InChI=1S/C25H26N2O2S2/c1-4-8-21-18(3)22-23(31-21)26-25(27(24(22)28)19-9-6-5-7-10-19)30-16-15-29-20-13-11-17(2)12-14-20/h5-7,9-14H,4,8,15-16H2,1-3H3. The molecule has 0 aliphatic carbocycles. The number of aromatic nitrogens is 2. The molecule has 2 aromatic carbocycles. The van der Waals surface area contributed by atoms with E-state index in [1.807, 2.05) is 61.5 Å². The zero-order valence-corrected chi connectivity index (χ0v) is 19.7. The van der Waals surface area contributed by atoms with Crippen molar-refractivity contribution in [1.82, 2.24) is 9.55 Å². The Morgan fingerprint density at radius 3 is 2.52 bits per heavy atom. The number of rotatable bonds is 8. The largest absolute Gasteiger partial charge is 0.493 e. The molecule has 0 radical (unpaired) electrons. The molecule has 4 aromatic rings. The number of benzene rings is 2. The molecule has 160 valence electrons. The molecule has 0 unspecified atom stereocenters. The lowest BCUT2D eigenvalue weighted by molar-refractivity contribution is 0.344. The number of ether oxygens (including phenoxy) is 1. The van der Waals surface area contributed by atoms with Crippen molar-refractivity contribution < 1.29 is 4.74 Å². The first-order valence-corrected chi connectivity index (χ1v) is 12.3. The average Bonchev–Trinajstić information content (AvgIpc) is 3.09. The third-order valence-electron chi connectivity index (χ3n) is 5.13. The van der Waals surface area contributed by atoms with Gasteiger partial charge in [-0.2, -0.15) is 0 Å². The molecular weight excluding hydrogens is 424 g/mol. The van der Waals surface area contributed by atoms with E-state index in [1.165, 1.54) is 10.4 Å². The molecule has 6 heteroatoms. The Labute approximate surface area is 190 Å². The zero-order chi connectivity index (χ0) is 21.8. The van der Waals surface area contributed by atoms with Gasteiger partial charge < -0.3 is 4.74 Å². The third-order valence-corrected chi connectivity index (χ3v) is 7.28. The van der Waals surface area contributed by atoms with E-state index in [0.717, 1.165) is 40.1 Å². The van der Waals surface area contributed by atoms with Gasteiger partial charge in [-0.1, -0.05) is 61.0 Å². The van der Waals surface area contributed by atoms with Crippen molar-refractivity contribution in [2.75, 3.05) is 12.4 Å². The van der Waals surface area contributed by atoms with Crippen LogP contribution in [-0.4, -0.2) is 21.9 Å². The quantitative estimate of drug-likeness (QED) is 0.182. The van der Waals surface area contributed by atoms with Crippen molar-refractivity contribution in [2.45, 2.75) is 38.8 Å². The number of para-hydroxylation sites is 1. The van der Waals surface area contributed by atoms with E-state index in [1.54, 1.807) is 27.7 Å². The number of hydrogen-bond donors (Lipinski definition) is 0. The highest BCUT2D eigenvalue weighted by atomic mass is 32.2. The molecule has 0 saturated heterocycles. The van der Waals surface area contributed by atoms with Gasteiger partial charge in [-0.15, -0.1) is 11.3 Å². The van der Waals surface area contributed by atoms with Gasteiger partial charge in [0.05, 0.1) is 17.7 Å². The molecule has 0 atom stereocenters. The number of thiophene rings is 1. The second kappa shape index (κ2) is 9.71. The van der Waals surface area contributed by atoms with Crippen LogP contribution in [0, 0.1) is 13.8 Å². The second-order valence-electron chi connectivity index (χ2n) is 7.46. The SMILES string of the molecule is CCCc1sc2nc(SCCOc3ccc(C)cc3)n(-c3ccccc3)c(=O)c2c1C. The summed E-state index contributed by atoms with van der Waals surface area (Å²) >= 11 is 3.20. The molecule has 31 heavy (non-hydrogen) atoms. The van der Waals surface area contributed by atoms with E-state index < -0.39 is 0 Å². The lowest BCUT2D eigenvalue weighted by Gasteiger charge is -2.12. The molecule has 0 fully saturated rings. The number of hydrogen-bond acceptors (Lipinski definition) is 5. The maximum atomic E-state index is 13.6. The predicted octanol–water partition coefficient (Wildman–Crippen LogP) is 6.19. The smallest absolute Gasteiger partial charge is 0.267 e. The van der Waals surface area contributed by atoms with Gasteiger partial charge >= 0.3 is 0 Å². The van der Waals surface area contributed by atoms with Gasteiger partial charge in [-0.05, 0) is 50.1 Å². The minimum Gasteiger partial charge on any atom is -0.493 e. The second-order valence-corrected chi connectivity index (χ2v) is 9.61. The van der Waals surface area contributed by atoms with Gasteiger partial charge in [-0.3, -0.25) is 9.36 Å². The lowest BCUT2D eigenvalue weighted by atomic mass is 10.1. The zero-order valence-electron chi connectivity index (χ0n) is 18.1. The number of nitrogens with zero attached hydrogens (tertiary/aromatic N) is 2. The fourth-order valence-corrected chi connectivity index (χ4v) is 5.65. The van der Waals surface area contributed by atoms with Crippen LogP contribution in [0.15, 0.2) is 64.5 Å². The first-order valence-electron chi connectivity index (χ1n) is 10.5. The molecule has 0 amide bonds. The summed E-state index contributed by atoms with van der Waals surface area (Å²) in [6.45, 7) is 6.81. The van der Waals surface area contributed by atoms with Crippen molar-refractivity contribution in [3.05, 3.63) is 81.0 Å². The Bertz CT molecular complexity index is 1230. The van der Waals surface area contributed by atoms with Crippen molar-refractivity contribution in [3.8, 4) is 11.4 Å². The number of aryl methyl sites for hydroxylation is 3. The molecule has 2 heterocycles. The molecule has 4 nitrogen and oxygen atoms in total. The molecule has 0 aliphatic heterocycles. The van der Waals surface area contributed by atoms with Crippen LogP contribution in [0.5, 0.6) is 5.75 Å². The van der Waals surface area contributed by atoms with Gasteiger partial charge in [0.1, 0.15) is 10.6 Å². The Balaban J connectivity index is 1.65. The van der Waals surface area contributed by atoms with Crippen LogP contribution in [0.1, 0.15) is 29.3 Å². The van der Waals surface area contributed by atoms with Crippen LogP contribution >= 0.6 is 23.1 Å². The minimum absolute atomic E-state index is 0.00857. The third kappa shape index (κ3) is 4.70. The van der Waals surface area contributed by atoms with E-state index in [4.69, 9.17) is 9.72 Å². The lowest BCUT2D eigenvalue weighted by Crippen LogP contribution is -2.22. The summed E-state index contributed by atoms with van der Waals surface area (Å²) in [4.78, 5) is 20.6. The first kappa shape index (κ1) is 21.7. The average molecular weight is 451 g/mol.